The van der Waals surface area contributed by atoms with E-state index < -0.39 is 0 Å². The van der Waals surface area contributed by atoms with Gasteiger partial charge in [-0.3, -0.25) is 0 Å². The number of ether oxygens (including phenoxy) is 1. The standard InChI is InChI=1S/C13H17NO/c1-4-11(2)10-13(15-3)14-12-8-6-5-7-9-12/h5-10H,4H2,1-3H3/b11-10-,14-13?. The molecule has 0 saturated carbocycles. The van der Waals surface area contributed by atoms with E-state index in [1.807, 2.05) is 36.4 Å². The van der Waals surface area contributed by atoms with E-state index in [9.17, 15) is 0 Å². The normalized spacial score (nSPS) is 12.7. The van der Waals surface area contributed by atoms with Gasteiger partial charge in [0.15, 0.2) is 0 Å². The summed E-state index contributed by atoms with van der Waals surface area (Å²) in [5, 5.41) is 0. The summed E-state index contributed by atoms with van der Waals surface area (Å²) < 4.78 is 5.20. The lowest BCUT2D eigenvalue weighted by atomic mass is 10.2. The van der Waals surface area contributed by atoms with E-state index in [2.05, 4.69) is 18.8 Å². The van der Waals surface area contributed by atoms with E-state index >= 15 is 0 Å². The Morgan fingerprint density at radius 1 is 1.33 bits per heavy atom. The summed E-state index contributed by atoms with van der Waals surface area (Å²) in [5.74, 6) is 0.653. The molecule has 0 radical (unpaired) electrons. The third-order valence-corrected chi connectivity index (χ3v) is 2.13. The van der Waals surface area contributed by atoms with Gasteiger partial charge in [0.2, 0.25) is 5.90 Å². The van der Waals surface area contributed by atoms with Crippen LogP contribution in [0.4, 0.5) is 5.69 Å². The molecule has 1 aromatic carbocycles. The number of hydrogen-bond acceptors (Lipinski definition) is 2. The van der Waals surface area contributed by atoms with Crippen molar-refractivity contribution in [1.82, 2.24) is 0 Å². The highest BCUT2D eigenvalue weighted by atomic mass is 16.5. The van der Waals surface area contributed by atoms with Gasteiger partial charge >= 0.3 is 0 Å². The predicted octanol–water partition coefficient (Wildman–Crippen LogP) is 3.72. The molecule has 0 N–H and O–H groups in total. The lowest BCUT2D eigenvalue weighted by molar-refractivity contribution is 0.407. The predicted molar refractivity (Wildman–Crippen MR) is 64.6 cm³/mol. The molecule has 0 amide bonds. The molecule has 0 aliphatic rings. The van der Waals surface area contributed by atoms with Gasteiger partial charge in [0.25, 0.3) is 0 Å². The van der Waals surface area contributed by atoms with Crippen LogP contribution in [-0.4, -0.2) is 13.0 Å². The fourth-order valence-corrected chi connectivity index (χ4v) is 1.08. The molecule has 15 heavy (non-hydrogen) atoms. The zero-order chi connectivity index (χ0) is 11.1. The van der Waals surface area contributed by atoms with Gasteiger partial charge in [0.1, 0.15) is 0 Å². The highest BCUT2D eigenvalue weighted by Gasteiger charge is 1.95. The van der Waals surface area contributed by atoms with Crippen molar-refractivity contribution >= 4 is 11.6 Å². The minimum absolute atomic E-state index is 0.653. The minimum atomic E-state index is 0.653. The molecule has 2 heteroatoms. The molecule has 0 aliphatic heterocycles. The molecule has 0 saturated heterocycles. The third-order valence-electron chi connectivity index (χ3n) is 2.13. The molecular weight excluding hydrogens is 186 g/mol. The average Bonchev–Trinajstić information content (AvgIpc) is 2.29. The fraction of sp³-hybridized carbons (Fsp3) is 0.308. The summed E-state index contributed by atoms with van der Waals surface area (Å²) in [6.45, 7) is 4.18. The van der Waals surface area contributed by atoms with Crippen LogP contribution in [0.25, 0.3) is 0 Å². The van der Waals surface area contributed by atoms with E-state index in [-0.39, 0.29) is 0 Å². The van der Waals surface area contributed by atoms with Crippen LogP contribution >= 0.6 is 0 Å². The molecule has 0 fully saturated rings. The van der Waals surface area contributed by atoms with E-state index in [1.54, 1.807) is 7.11 Å². The molecule has 0 spiro atoms. The first-order valence-electron chi connectivity index (χ1n) is 5.11. The van der Waals surface area contributed by atoms with Gasteiger partial charge in [-0.05, 0) is 31.6 Å². The van der Waals surface area contributed by atoms with Gasteiger partial charge < -0.3 is 4.74 Å². The van der Waals surface area contributed by atoms with Crippen molar-refractivity contribution in [3.8, 4) is 0 Å². The molecule has 0 aliphatic carbocycles. The number of aliphatic imine (C=N–C) groups is 1. The molecule has 0 aromatic heterocycles. The first kappa shape index (κ1) is 11.5. The van der Waals surface area contributed by atoms with Gasteiger partial charge in [-0.1, -0.05) is 30.7 Å². The van der Waals surface area contributed by atoms with E-state index in [4.69, 9.17) is 4.74 Å². The minimum Gasteiger partial charge on any atom is -0.481 e. The zero-order valence-corrected chi connectivity index (χ0v) is 9.53. The van der Waals surface area contributed by atoms with Crippen molar-refractivity contribution in [2.24, 2.45) is 4.99 Å². The second-order valence-electron chi connectivity index (χ2n) is 3.33. The average molecular weight is 203 g/mol. The number of nitrogens with zero attached hydrogens (tertiary/aromatic N) is 1. The first-order chi connectivity index (χ1) is 7.26. The van der Waals surface area contributed by atoms with Gasteiger partial charge in [-0.2, -0.15) is 0 Å². The Balaban J connectivity index is 2.88. The number of methoxy groups -OCH3 is 1. The molecule has 0 bridgehead atoms. The SMILES string of the molecule is CC/C(C)=C\C(=Nc1ccccc1)OC. The monoisotopic (exact) mass is 203 g/mol. The summed E-state index contributed by atoms with van der Waals surface area (Å²) in [7, 11) is 1.64. The number of benzene rings is 1. The van der Waals surface area contributed by atoms with Crippen molar-refractivity contribution in [1.29, 1.82) is 0 Å². The molecule has 2 nitrogen and oxygen atoms in total. The molecular formula is C13H17NO. The number of rotatable bonds is 3. The lowest BCUT2D eigenvalue weighted by Crippen LogP contribution is -1.96. The lowest BCUT2D eigenvalue weighted by Gasteiger charge is -2.01. The molecule has 1 rings (SSSR count). The van der Waals surface area contributed by atoms with Crippen molar-refractivity contribution < 1.29 is 4.74 Å². The fourth-order valence-electron chi connectivity index (χ4n) is 1.08. The van der Waals surface area contributed by atoms with Gasteiger partial charge in [-0.25, -0.2) is 4.99 Å². The number of hydrogen-bond donors (Lipinski definition) is 0. The van der Waals surface area contributed by atoms with Crippen LogP contribution in [0.1, 0.15) is 20.3 Å². The van der Waals surface area contributed by atoms with Crippen LogP contribution in [-0.2, 0) is 4.74 Å². The van der Waals surface area contributed by atoms with Gasteiger partial charge in [0.05, 0.1) is 12.8 Å². The second kappa shape index (κ2) is 6.02. The Hall–Kier alpha value is -1.57. The van der Waals surface area contributed by atoms with Crippen LogP contribution in [0.3, 0.4) is 0 Å². The first-order valence-corrected chi connectivity index (χ1v) is 5.11. The van der Waals surface area contributed by atoms with Crippen molar-refractivity contribution in [3.63, 3.8) is 0 Å². The van der Waals surface area contributed by atoms with Crippen LogP contribution in [0.5, 0.6) is 0 Å². The van der Waals surface area contributed by atoms with Crippen molar-refractivity contribution in [3.05, 3.63) is 42.0 Å². The van der Waals surface area contributed by atoms with Crippen LogP contribution in [0.15, 0.2) is 47.0 Å². The van der Waals surface area contributed by atoms with Crippen LogP contribution < -0.4 is 0 Å². The third kappa shape index (κ3) is 3.98. The van der Waals surface area contributed by atoms with E-state index in [0.29, 0.717) is 5.90 Å². The Labute approximate surface area is 91.3 Å². The van der Waals surface area contributed by atoms with Gasteiger partial charge in [0, 0.05) is 0 Å². The largest absolute Gasteiger partial charge is 0.481 e. The van der Waals surface area contributed by atoms with Crippen molar-refractivity contribution in [2.75, 3.05) is 7.11 Å². The summed E-state index contributed by atoms with van der Waals surface area (Å²) >= 11 is 0. The highest BCUT2D eigenvalue weighted by molar-refractivity contribution is 5.90. The highest BCUT2D eigenvalue weighted by Crippen LogP contribution is 2.11. The number of allylic oxidation sites excluding steroid dienone is 1. The quantitative estimate of drug-likeness (QED) is 0.542. The Bertz CT molecular complexity index is 352. The second-order valence-corrected chi connectivity index (χ2v) is 3.33. The Morgan fingerprint density at radius 2 is 2.00 bits per heavy atom. The summed E-state index contributed by atoms with van der Waals surface area (Å²) in [6.07, 6.45) is 2.98. The number of para-hydroxylation sites is 1. The maximum absolute atomic E-state index is 5.20. The zero-order valence-electron chi connectivity index (χ0n) is 9.53. The Morgan fingerprint density at radius 3 is 2.53 bits per heavy atom. The molecule has 80 valence electrons. The smallest absolute Gasteiger partial charge is 0.213 e. The molecule has 0 heterocycles. The maximum atomic E-state index is 5.20. The molecule has 1 aromatic rings. The summed E-state index contributed by atoms with van der Waals surface area (Å²) in [5.41, 5.74) is 2.17. The van der Waals surface area contributed by atoms with Crippen LogP contribution in [0, 0.1) is 0 Å². The maximum Gasteiger partial charge on any atom is 0.213 e. The summed E-state index contributed by atoms with van der Waals surface area (Å²) in [6, 6.07) is 9.80. The molecule has 0 atom stereocenters. The van der Waals surface area contributed by atoms with Gasteiger partial charge in [-0.15, -0.1) is 0 Å². The van der Waals surface area contributed by atoms with Crippen molar-refractivity contribution in [2.45, 2.75) is 20.3 Å². The molecule has 0 unspecified atom stereocenters. The summed E-state index contributed by atoms with van der Waals surface area (Å²) in [4.78, 5) is 4.38. The van der Waals surface area contributed by atoms with E-state index in [1.165, 1.54) is 5.57 Å². The topological polar surface area (TPSA) is 21.6 Å². The van der Waals surface area contributed by atoms with E-state index in [0.717, 1.165) is 12.1 Å². The van der Waals surface area contributed by atoms with Crippen LogP contribution in [0.2, 0.25) is 0 Å². The Kier molecular flexibility index (Phi) is 4.61.